The van der Waals surface area contributed by atoms with Gasteiger partial charge in [0.05, 0.1) is 5.69 Å². The zero-order valence-electron chi connectivity index (χ0n) is 18.8. The van der Waals surface area contributed by atoms with E-state index in [-0.39, 0.29) is 5.41 Å². The van der Waals surface area contributed by atoms with Crippen LogP contribution < -0.4 is 9.47 Å². The monoisotopic (exact) mass is 424 g/mol. The molecule has 2 aromatic carbocycles. The quantitative estimate of drug-likeness (QED) is 0.335. The number of ether oxygens (including phenoxy) is 2. The summed E-state index contributed by atoms with van der Waals surface area (Å²) in [6.45, 7) is 7.36. The standard InChI is InChI=1S/C28H28N2O2/c1-28(2,3)26-23(15-10-18-29-26)24-16-17-25(31-19-21-11-6-4-7-12-21)30-27(24)32-20-22-13-8-5-9-14-22/h4-18H,19-20H2,1-3H3. The van der Waals surface area contributed by atoms with Crippen molar-refractivity contribution in [2.75, 3.05) is 0 Å². The summed E-state index contributed by atoms with van der Waals surface area (Å²) < 4.78 is 12.2. The van der Waals surface area contributed by atoms with E-state index in [1.807, 2.05) is 85.1 Å². The Hall–Kier alpha value is -3.66. The van der Waals surface area contributed by atoms with E-state index in [0.29, 0.717) is 25.0 Å². The summed E-state index contributed by atoms with van der Waals surface area (Å²) >= 11 is 0. The van der Waals surface area contributed by atoms with Crippen LogP contribution in [0.4, 0.5) is 0 Å². The van der Waals surface area contributed by atoms with Gasteiger partial charge in [-0.1, -0.05) is 87.5 Å². The molecule has 4 aromatic rings. The van der Waals surface area contributed by atoms with E-state index >= 15 is 0 Å². The summed E-state index contributed by atoms with van der Waals surface area (Å²) in [5, 5.41) is 0. The predicted molar refractivity (Wildman–Crippen MR) is 128 cm³/mol. The zero-order valence-corrected chi connectivity index (χ0v) is 18.8. The summed E-state index contributed by atoms with van der Waals surface area (Å²) in [4.78, 5) is 9.40. The number of benzene rings is 2. The first kappa shape index (κ1) is 21.6. The Morgan fingerprint density at radius 3 is 1.91 bits per heavy atom. The molecule has 0 fully saturated rings. The summed E-state index contributed by atoms with van der Waals surface area (Å²) in [5.41, 5.74) is 4.99. The summed E-state index contributed by atoms with van der Waals surface area (Å²) in [6.07, 6.45) is 1.83. The molecule has 0 unspecified atom stereocenters. The number of hydrogen-bond acceptors (Lipinski definition) is 4. The fourth-order valence-corrected chi connectivity index (χ4v) is 3.50. The predicted octanol–water partition coefficient (Wildman–Crippen LogP) is 6.60. The molecule has 4 heteroatoms. The van der Waals surface area contributed by atoms with Crippen molar-refractivity contribution in [1.29, 1.82) is 0 Å². The summed E-state index contributed by atoms with van der Waals surface area (Å²) in [6, 6.07) is 28.1. The van der Waals surface area contributed by atoms with Crippen molar-refractivity contribution in [3.63, 3.8) is 0 Å². The number of pyridine rings is 2. The normalized spacial score (nSPS) is 11.2. The Morgan fingerprint density at radius 1 is 0.656 bits per heavy atom. The molecule has 0 radical (unpaired) electrons. The highest BCUT2D eigenvalue weighted by Gasteiger charge is 2.23. The maximum Gasteiger partial charge on any atom is 0.225 e. The number of rotatable bonds is 7. The Morgan fingerprint density at radius 2 is 1.28 bits per heavy atom. The van der Waals surface area contributed by atoms with Crippen molar-refractivity contribution < 1.29 is 9.47 Å². The Kier molecular flexibility index (Phi) is 6.50. The third-order valence-electron chi connectivity index (χ3n) is 5.09. The third-order valence-corrected chi connectivity index (χ3v) is 5.09. The zero-order chi connectivity index (χ0) is 22.4. The van der Waals surface area contributed by atoms with Crippen molar-refractivity contribution in [1.82, 2.24) is 9.97 Å². The Labute approximate surface area is 189 Å². The minimum Gasteiger partial charge on any atom is -0.473 e. The molecular formula is C28H28N2O2. The molecule has 162 valence electrons. The van der Waals surface area contributed by atoms with Gasteiger partial charge in [-0.2, -0.15) is 4.98 Å². The second kappa shape index (κ2) is 9.65. The second-order valence-corrected chi connectivity index (χ2v) is 8.70. The van der Waals surface area contributed by atoms with Gasteiger partial charge in [-0.05, 0) is 23.3 Å². The lowest BCUT2D eigenvalue weighted by molar-refractivity contribution is 0.268. The molecule has 4 nitrogen and oxygen atoms in total. The minimum absolute atomic E-state index is 0.115. The van der Waals surface area contributed by atoms with Gasteiger partial charge in [-0.25, -0.2) is 0 Å². The smallest absolute Gasteiger partial charge is 0.225 e. The molecule has 32 heavy (non-hydrogen) atoms. The van der Waals surface area contributed by atoms with Gasteiger partial charge in [-0.15, -0.1) is 0 Å². The summed E-state index contributed by atoms with van der Waals surface area (Å²) in [7, 11) is 0. The van der Waals surface area contributed by atoms with Crippen molar-refractivity contribution in [2.45, 2.75) is 39.4 Å². The van der Waals surface area contributed by atoms with Crippen LogP contribution in [-0.4, -0.2) is 9.97 Å². The van der Waals surface area contributed by atoms with Crippen LogP contribution >= 0.6 is 0 Å². The Balaban J connectivity index is 1.67. The lowest BCUT2D eigenvalue weighted by Gasteiger charge is -2.22. The van der Waals surface area contributed by atoms with E-state index in [2.05, 4.69) is 31.8 Å². The van der Waals surface area contributed by atoms with Crippen molar-refractivity contribution in [3.05, 3.63) is 108 Å². The highest BCUT2D eigenvalue weighted by Crippen LogP contribution is 2.37. The molecule has 4 rings (SSSR count). The molecule has 0 aliphatic carbocycles. The Bertz CT molecular complexity index is 1150. The first-order valence-corrected chi connectivity index (χ1v) is 10.8. The number of nitrogens with zero attached hydrogens (tertiary/aromatic N) is 2. The topological polar surface area (TPSA) is 44.2 Å². The van der Waals surface area contributed by atoms with Crippen LogP contribution in [0.5, 0.6) is 11.8 Å². The van der Waals surface area contributed by atoms with Crippen LogP contribution in [0.3, 0.4) is 0 Å². The molecule has 2 heterocycles. The molecule has 2 aromatic heterocycles. The highest BCUT2D eigenvalue weighted by molar-refractivity contribution is 5.72. The fraction of sp³-hybridized carbons (Fsp3) is 0.214. The van der Waals surface area contributed by atoms with Gasteiger partial charge in [0.15, 0.2) is 0 Å². The molecule has 0 amide bonds. The molecule has 0 aliphatic rings. The molecule has 0 spiro atoms. The van der Waals surface area contributed by atoms with Crippen LogP contribution in [0.1, 0.15) is 37.6 Å². The fourth-order valence-electron chi connectivity index (χ4n) is 3.50. The van der Waals surface area contributed by atoms with Crippen LogP contribution in [0.15, 0.2) is 91.1 Å². The van der Waals surface area contributed by atoms with E-state index in [4.69, 9.17) is 14.5 Å². The minimum atomic E-state index is -0.115. The van der Waals surface area contributed by atoms with Gasteiger partial charge >= 0.3 is 0 Å². The van der Waals surface area contributed by atoms with E-state index in [9.17, 15) is 0 Å². The molecule has 0 aliphatic heterocycles. The average Bonchev–Trinajstić information content (AvgIpc) is 2.82. The van der Waals surface area contributed by atoms with Crippen molar-refractivity contribution >= 4 is 0 Å². The lowest BCUT2D eigenvalue weighted by Crippen LogP contribution is -2.15. The molecule has 0 bridgehead atoms. The van der Waals surface area contributed by atoms with Gasteiger partial charge in [0.25, 0.3) is 0 Å². The maximum absolute atomic E-state index is 6.22. The molecule has 0 atom stereocenters. The third kappa shape index (κ3) is 5.33. The van der Waals surface area contributed by atoms with Crippen LogP contribution in [0, 0.1) is 0 Å². The maximum atomic E-state index is 6.22. The van der Waals surface area contributed by atoms with Crippen LogP contribution in [0.25, 0.3) is 11.1 Å². The first-order valence-electron chi connectivity index (χ1n) is 10.8. The largest absolute Gasteiger partial charge is 0.473 e. The van der Waals surface area contributed by atoms with Crippen molar-refractivity contribution in [2.24, 2.45) is 0 Å². The van der Waals surface area contributed by atoms with Gasteiger partial charge < -0.3 is 9.47 Å². The molecular weight excluding hydrogens is 396 g/mol. The van der Waals surface area contributed by atoms with Gasteiger partial charge in [-0.3, -0.25) is 4.98 Å². The van der Waals surface area contributed by atoms with Crippen LogP contribution in [-0.2, 0) is 18.6 Å². The first-order chi connectivity index (χ1) is 15.5. The number of aromatic nitrogens is 2. The van der Waals surface area contributed by atoms with Gasteiger partial charge in [0.2, 0.25) is 11.8 Å². The summed E-state index contributed by atoms with van der Waals surface area (Å²) in [5.74, 6) is 1.07. The van der Waals surface area contributed by atoms with Crippen LogP contribution in [0.2, 0.25) is 0 Å². The van der Waals surface area contributed by atoms with E-state index in [1.54, 1.807) is 0 Å². The molecule has 0 saturated heterocycles. The number of hydrogen-bond donors (Lipinski definition) is 0. The lowest BCUT2D eigenvalue weighted by atomic mass is 9.86. The van der Waals surface area contributed by atoms with Gasteiger partial charge in [0, 0.05) is 28.8 Å². The van der Waals surface area contributed by atoms with Crippen molar-refractivity contribution in [3.8, 4) is 22.9 Å². The van der Waals surface area contributed by atoms with E-state index in [1.165, 1.54) is 0 Å². The SMILES string of the molecule is CC(C)(C)c1ncccc1-c1ccc(OCc2ccccc2)nc1OCc1ccccc1. The van der Waals surface area contributed by atoms with E-state index in [0.717, 1.165) is 27.9 Å². The second-order valence-electron chi connectivity index (χ2n) is 8.70. The molecule has 0 N–H and O–H groups in total. The van der Waals surface area contributed by atoms with E-state index < -0.39 is 0 Å². The van der Waals surface area contributed by atoms with Gasteiger partial charge in [0.1, 0.15) is 13.2 Å². The highest BCUT2D eigenvalue weighted by atomic mass is 16.5. The molecule has 0 saturated carbocycles. The average molecular weight is 425 g/mol.